The Hall–Kier alpha value is -3.39. The Kier molecular flexibility index (Phi) is 6.90. The lowest BCUT2D eigenvalue weighted by Crippen LogP contribution is -2.07. The number of ether oxygens (including phenoxy) is 1. The summed E-state index contributed by atoms with van der Waals surface area (Å²) in [5, 5.41) is 12.0. The first-order valence-corrected chi connectivity index (χ1v) is 8.26. The van der Waals surface area contributed by atoms with E-state index in [0.29, 0.717) is 16.7 Å². The van der Waals surface area contributed by atoms with Crippen LogP contribution in [0.1, 0.15) is 22.3 Å². The van der Waals surface area contributed by atoms with E-state index in [1.165, 1.54) is 18.2 Å². The van der Waals surface area contributed by atoms with Gasteiger partial charge < -0.3 is 10.1 Å². The number of benzene rings is 2. The Morgan fingerprint density at radius 3 is 2.37 bits per heavy atom. The van der Waals surface area contributed by atoms with Crippen molar-refractivity contribution in [1.29, 1.82) is 5.26 Å². The second-order valence-corrected chi connectivity index (χ2v) is 5.77. The van der Waals surface area contributed by atoms with Crippen molar-refractivity contribution in [2.75, 3.05) is 7.05 Å². The van der Waals surface area contributed by atoms with Crippen molar-refractivity contribution in [3.8, 4) is 11.8 Å². The first-order valence-electron chi connectivity index (χ1n) is 8.26. The zero-order valence-corrected chi connectivity index (χ0v) is 15.2. The summed E-state index contributed by atoms with van der Waals surface area (Å²) >= 11 is 0. The van der Waals surface area contributed by atoms with Crippen molar-refractivity contribution in [2.24, 2.45) is 0 Å². The molecule has 2 rings (SSSR count). The van der Waals surface area contributed by atoms with Crippen LogP contribution in [0.5, 0.6) is 5.75 Å². The molecule has 2 aromatic carbocycles. The maximum absolute atomic E-state index is 12.7. The first kappa shape index (κ1) is 19.9. The maximum atomic E-state index is 12.7. The summed E-state index contributed by atoms with van der Waals surface area (Å²) in [5.41, 5.74) is 4.14. The third kappa shape index (κ3) is 5.55. The van der Waals surface area contributed by atoms with Crippen LogP contribution in [-0.2, 0) is 0 Å². The van der Waals surface area contributed by atoms with E-state index in [-0.39, 0.29) is 11.4 Å². The van der Waals surface area contributed by atoms with Crippen LogP contribution in [0.3, 0.4) is 0 Å². The Bertz CT molecular complexity index is 907. The Morgan fingerprint density at radius 2 is 1.81 bits per heavy atom. The lowest BCUT2D eigenvalue weighted by Gasteiger charge is -2.11. The summed E-state index contributed by atoms with van der Waals surface area (Å²) in [4.78, 5) is 0. The van der Waals surface area contributed by atoms with Gasteiger partial charge in [0.25, 0.3) is 0 Å². The molecule has 0 bridgehead atoms. The second kappa shape index (κ2) is 9.35. The molecule has 1 N–H and O–H groups in total. The molecule has 5 heteroatoms. The Morgan fingerprint density at radius 1 is 1.15 bits per heavy atom. The van der Waals surface area contributed by atoms with Crippen molar-refractivity contribution in [3.63, 3.8) is 0 Å². The number of aryl methyl sites for hydroxylation is 1. The Balaban J connectivity index is 2.50. The monoisotopic (exact) mass is 366 g/mol. The minimum absolute atomic E-state index is 0.0128. The van der Waals surface area contributed by atoms with Crippen molar-refractivity contribution in [1.82, 2.24) is 5.32 Å². The number of allylic oxidation sites excluding steroid dienone is 3. The van der Waals surface area contributed by atoms with Crippen LogP contribution < -0.4 is 10.1 Å². The van der Waals surface area contributed by atoms with Gasteiger partial charge >= 0.3 is 6.61 Å². The van der Waals surface area contributed by atoms with E-state index in [0.717, 1.165) is 11.1 Å². The summed E-state index contributed by atoms with van der Waals surface area (Å²) in [6.45, 7) is 2.78. The van der Waals surface area contributed by atoms with Gasteiger partial charge in [0.1, 0.15) is 17.5 Å². The number of nitriles is 1. The predicted octanol–water partition coefficient (Wildman–Crippen LogP) is 5.41. The number of halogens is 2. The fourth-order valence-electron chi connectivity index (χ4n) is 2.53. The molecule has 2 aromatic rings. The van der Waals surface area contributed by atoms with Crippen molar-refractivity contribution < 1.29 is 13.5 Å². The predicted molar refractivity (Wildman–Crippen MR) is 105 cm³/mol. The minimum atomic E-state index is -2.94. The molecule has 0 heterocycles. The van der Waals surface area contributed by atoms with E-state index < -0.39 is 6.61 Å². The van der Waals surface area contributed by atoms with Gasteiger partial charge in [-0.05, 0) is 41.8 Å². The highest BCUT2D eigenvalue weighted by atomic mass is 19.3. The molecule has 0 aliphatic rings. The summed E-state index contributed by atoms with van der Waals surface area (Å²) in [6, 6.07) is 14.7. The van der Waals surface area contributed by atoms with E-state index in [9.17, 15) is 14.0 Å². The fraction of sp³-hybridized carbons (Fsp3) is 0.136. The quantitative estimate of drug-likeness (QED) is 0.405. The molecule has 0 spiro atoms. The molecule has 0 aromatic heterocycles. The molecule has 0 fully saturated rings. The van der Waals surface area contributed by atoms with Crippen LogP contribution in [0.25, 0.3) is 17.7 Å². The molecule has 0 atom stereocenters. The molecule has 0 saturated carbocycles. The molecule has 0 amide bonds. The van der Waals surface area contributed by atoms with Gasteiger partial charge in [0.15, 0.2) is 0 Å². The van der Waals surface area contributed by atoms with Crippen molar-refractivity contribution >= 4 is 17.7 Å². The zero-order valence-electron chi connectivity index (χ0n) is 15.2. The average Bonchev–Trinajstić information content (AvgIpc) is 2.64. The van der Waals surface area contributed by atoms with Crippen molar-refractivity contribution in [3.05, 3.63) is 83.1 Å². The van der Waals surface area contributed by atoms with E-state index in [1.54, 1.807) is 19.2 Å². The number of alkyl halides is 2. The van der Waals surface area contributed by atoms with Gasteiger partial charge in [-0.25, -0.2) is 0 Å². The lowest BCUT2D eigenvalue weighted by atomic mass is 10.00. The van der Waals surface area contributed by atoms with Crippen LogP contribution in [0.15, 0.2) is 60.8 Å². The third-order valence-electron chi connectivity index (χ3n) is 3.85. The molecule has 0 aliphatic carbocycles. The van der Waals surface area contributed by atoms with Gasteiger partial charge in [-0.15, -0.1) is 0 Å². The first-order chi connectivity index (χ1) is 13.0. The minimum Gasteiger partial charge on any atom is -0.435 e. The van der Waals surface area contributed by atoms with Gasteiger partial charge in [-0.3, -0.25) is 0 Å². The molecule has 0 radical (unpaired) electrons. The summed E-state index contributed by atoms with van der Waals surface area (Å²) in [7, 11) is 1.61. The highest BCUT2D eigenvalue weighted by Gasteiger charge is 2.11. The van der Waals surface area contributed by atoms with Crippen LogP contribution in [0.4, 0.5) is 8.78 Å². The van der Waals surface area contributed by atoms with Crippen LogP contribution in [-0.4, -0.2) is 13.7 Å². The average molecular weight is 366 g/mol. The fourth-order valence-corrected chi connectivity index (χ4v) is 2.53. The number of nitrogens with zero attached hydrogens (tertiary/aromatic N) is 1. The van der Waals surface area contributed by atoms with Gasteiger partial charge in [0.2, 0.25) is 0 Å². The molecule has 0 unspecified atom stereocenters. The number of hydrogen-bond donors (Lipinski definition) is 1. The largest absolute Gasteiger partial charge is 0.435 e. The molecule has 3 nitrogen and oxygen atoms in total. The van der Waals surface area contributed by atoms with Gasteiger partial charge in [0.05, 0.1) is 0 Å². The molecule has 27 heavy (non-hydrogen) atoms. The van der Waals surface area contributed by atoms with Crippen molar-refractivity contribution in [2.45, 2.75) is 13.5 Å². The van der Waals surface area contributed by atoms with Crippen LogP contribution >= 0.6 is 0 Å². The van der Waals surface area contributed by atoms with Gasteiger partial charge in [-0.1, -0.05) is 54.6 Å². The highest BCUT2D eigenvalue weighted by molar-refractivity contribution is 5.81. The number of hydrogen-bond acceptors (Lipinski definition) is 3. The van der Waals surface area contributed by atoms with Gasteiger partial charge in [0, 0.05) is 12.6 Å². The summed E-state index contributed by atoms with van der Waals surface area (Å²) in [6.07, 6.45) is 5.19. The molecule has 138 valence electrons. The summed E-state index contributed by atoms with van der Waals surface area (Å²) < 4.78 is 30.0. The van der Waals surface area contributed by atoms with E-state index >= 15 is 0 Å². The number of rotatable bonds is 7. The smallest absolute Gasteiger partial charge is 0.387 e. The Labute approximate surface area is 157 Å². The topological polar surface area (TPSA) is 45.0 Å². The maximum Gasteiger partial charge on any atom is 0.387 e. The van der Waals surface area contributed by atoms with Crippen LogP contribution in [0.2, 0.25) is 0 Å². The third-order valence-corrected chi connectivity index (χ3v) is 3.85. The molecular formula is C22H20F2N2O. The standard InChI is InChI=1S/C22H20F2N2O/c1-4-20(21(14-25)26-3)18-11-17(12-19(13-18)27-22(23)24)10-9-16-7-5-15(2)6-8-16/h4-13,22,26H,1H2,2-3H3/b10-9+,21-20+. The lowest BCUT2D eigenvalue weighted by molar-refractivity contribution is -0.0498. The SMILES string of the molecule is C=C/C(=C(/C#N)NC)c1cc(/C=C/c2ccc(C)cc2)cc(OC(F)F)c1. The zero-order chi connectivity index (χ0) is 19.8. The van der Waals surface area contributed by atoms with E-state index in [1.807, 2.05) is 43.3 Å². The highest BCUT2D eigenvalue weighted by Crippen LogP contribution is 2.27. The second-order valence-electron chi connectivity index (χ2n) is 5.77. The van der Waals surface area contributed by atoms with Gasteiger partial charge in [-0.2, -0.15) is 14.0 Å². The van der Waals surface area contributed by atoms with E-state index in [4.69, 9.17) is 0 Å². The summed E-state index contributed by atoms with van der Waals surface area (Å²) in [5.74, 6) is 0.0128. The molecule has 0 aliphatic heterocycles. The molecule has 0 saturated heterocycles. The normalized spacial score (nSPS) is 11.9. The molecular weight excluding hydrogens is 346 g/mol. The number of nitrogens with one attached hydrogen (secondary N) is 1. The van der Waals surface area contributed by atoms with Crippen LogP contribution in [0, 0.1) is 18.3 Å². The van der Waals surface area contributed by atoms with E-state index in [2.05, 4.69) is 16.6 Å².